The van der Waals surface area contributed by atoms with Crippen molar-refractivity contribution in [2.45, 2.75) is 32.0 Å². The van der Waals surface area contributed by atoms with Crippen molar-refractivity contribution >= 4 is 17.5 Å². The lowest BCUT2D eigenvalue weighted by atomic mass is 10.1. The number of carbonyl (C=O) groups excluding carboxylic acids is 1. The van der Waals surface area contributed by atoms with Crippen molar-refractivity contribution in [1.29, 1.82) is 0 Å². The minimum absolute atomic E-state index is 0.00800. The summed E-state index contributed by atoms with van der Waals surface area (Å²) in [6.45, 7) is 6.22. The first-order valence-electron chi connectivity index (χ1n) is 9.34. The van der Waals surface area contributed by atoms with Crippen LogP contribution in [0.2, 0.25) is 0 Å². The molecule has 0 bridgehead atoms. The van der Waals surface area contributed by atoms with Crippen LogP contribution in [0.15, 0.2) is 47.6 Å². The molecule has 6 nitrogen and oxygen atoms in total. The van der Waals surface area contributed by atoms with Gasteiger partial charge in [-0.25, -0.2) is 0 Å². The lowest BCUT2D eigenvalue weighted by Crippen LogP contribution is -2.08. The highest BCUT2D eigenvalue weighted by molar-refractivity contribution is 7.99. The van der Waals surface area contributed by atoms with E-state index in [1.807, 2.05) is 12.1 Å². The van der Waals surface area contributed by atoms with E-state index < -0.39 is 0 Å². The fourth-order valence-electron chi connectivity index (χ4n) is 3.05. The number of carbonyl (C=O) groups is 1. The number of nitrogens with zero attached hydrogens (tertiary/aromatic N) is 3. The Labute approximate surface area is 175 Å². The number of methoxy groups -OCH3 is 2. The van der Waals surface area contributed by atoms with Gasteiger partial charge in [0.15, 0.2) is 28.3 Å². The van der Waals surface area contributed by atoms with Gasteiger partial charge in [0.25, 0.3) is 0 Å². The number of Topliss-reactive ketones (excluding diaryl/α,β-unsaturated/α-hetero) is 1. The number of hydrogen-bond acceptors (Lipinski definition) is 6. The first-order valence-corrected chi connectivity index (χ1v) is 10.3. The molecule has 0 amide bonds. The molecule has 1 heterocycles. The normalized spacial score (nSPS) is 11.0. The Balaban J connectivity index is 1.81. The molecular formula is C22H25N3O3S. The molecule has 0 atom stereocenters. The first-order chi connectivity index (χ1) is 13.9. The van der Waals surface area contributed by atoms with E-state index in [0.29, 0.717) is 17.1 Å². The van der Waals surface area contributed by atoms with Gasteiger partial charge in [0.05, 0.1) is 20.0 Å². The number of thioether (sulfide) groups is 1. The smallest absolute Gasteiger partial charge is 0.192 e. The SMILES string of the molecule is COc1ccc(C(=O)CSc2nnc(-c3cccc(C)c3)n2C(C)C)cc1OC. The maximum Gasteiger partial charge on any atom is 0.192 e. The minimum Gasteiger partial charge on any atom is -0.493 e. The maximum absolute atomic E-state index is 12.7. The third kappa shape index (κ3) is 4.62. The molecule has 0 aliphatic heterocycles. The van der Waals surface area contributed by atoms with Gasteiger partial charge in [-0.2, -0.15) is 0 Å². The number of benzene rings is 2. The summed E-state index contributed by atoms with van der Waals surface area (Å²) in [6.07, 6.45) is 0. The zero-order valence-corrected chi connectivity index (χ0v) is 18.1. The van der Waals surface area contributed by atoms with Crippen LogP contribution in [-0.2, 0) is 0 Å². The topological polar surface area (TPSA) is 66.2 Å². The van der Waals surface area contributed by atoms with Crippen LogP contribution in [0.5, 0.6) is 11.5 Å². The summed E-state index contributed by atoms with van der Waals surface area (Å²) >= 11 is 1.39. The van der Waals surface area contributed by atoms with E-state index in [9.17, 15) is 4.79 Å². The molecular weight excluding hydrogens is 386 g/mol. The average Bonchev–Trinajstić information content (AvgIpc) is 3.15. The minimum atomic E-state index is -0.00800. The zero-order valence-electron chi connectivity index (χ0n) is 17.3. The summed E-state index contributed by atoms with van der Waals surface area (Å²) in [4.78, 5) is 12.7. The molecule has 0 unspecified atom stereocenters. The van der Waals surface area contributed by atoms with Crippen LogP contribution < -0.4 is 9.47 Å². The lowest BCUT2D eigenvalue weighted by molar-refractivity contribution is 0.102. The van der Waals surface area contributed by atoms with Crippen molar-refractivity contribution in [1.82, 2.24) is 14.8 Å². The Morgan fingerprint density at radius 2 is 1.83 bits per heavy atom. The molecule has 0 fully saturated rings. The number of aromatic nitrogens is 3. The predicted molar refractivity (Wildman–Crippen MR) is 115 cm³/mol. The van der Waals surface area contributed by atoms with Gasteiger partial charge in [-0.05, 0) is 45.0 Å². The van der Waals surface area contributed by atoms with Crippen molar-refractivity contribution in [3.63, 3.8) is 0 Å². The fourth-order valence-corrected chi connectivity index (χ4v) is 4.01. The van der Waals surface area contributed by atoms with E-state index >= 15 is 0 Å². The monoisotopic (exact) mass is 411 g/mol. The third-order valence-corrected chi connectivity index (χ3v) is 5.44. The predicted octanol–water partition coefficient (Wildman–Crippen LogP) is 4.83. The second kappa shape index (κ2) is 9.13. The van der Waals surface area contributed by atoms with E-state index in [2.05, 4.69) is 47.7 Å². The molecule has 7 heteroatoms. The summed E-state index contributed by atoms with van der Waals surface area (Å²) in [5, 5.41) is 9.47. The Morgan fingerprint density at radius 1 is 1.07 bits per heavy atom. The van der Waals surface area contributed by atoms with Crippen LogP contribution >= 0.6 is 11.8 Å². The van der Waals surface area contributed by atoms with E-state index in [1.165, 1.54) is 17.3 Å². The molecule has 0 spiro atoms. The van der Waals surface area contributed by atoms with Gasteiger partial charge in [-0.3, -0.25) is 9.36 Å². The van der Waals surface area contributed by atoms with E-state index in [4.69, 9.17) is 9.47 Å². The van der Waals surface area contributed by atoms with Crippen molar-refractivity contribution < 1.29 is 14.3 Å². The summed E-state index contributed by atoms with van der Waals surface area (Å²) in [5.41, 5.74) is 2.76. The second-order valence-corrected chi connectivity index (χ2v) is 7.86. The van der Waals surface area contributed by atoms with E-state index in [0.717, 1.165) is 16.5 Å². The zero-order chi connectivity index (χ0) is 21.0. The fraction of sp³-hybridized carbons (Fsp3) is 0.318. The highest BCUT2D eigenvalue weighted by atomic mass is 32.2. The standard InChI is InChI=1S/C22H25N3O3S/c1-14(2)25-21(17-8-6-7-15(3)11-17)23-24-22(25)29-13-18(26)16-9-10-19(27-4)20(12-16)28-5/h6-12,14H,13H2,1-5H3. The molecule has 152 valence electrons. The maximum atomic E-state index is 12.7. The second-order valence-electron chi connectivity index (χ2n) is 6.92. The van der Waals surface area contributed by atoms with Crippen molar-refractivity contribution in [3.8, 4) is 22.9 Å². The summed E-state index contributed by atoms with van der Waals surface area (Å²) < 4.78 is 12.6. The van der Waals surface area contributed by atoms with Crippen molar-refractivity contribution in [2.75, 3.05) is 20.0 Å². The summed E-state index contributed by atoms with van der Waals surface area (Å²) in [6, 6.07) is 13.5. The quantitative estimate of drug-likeness (QED) is 0.391. The molecule has 3 aromatic rings. The average molecular weight is 412 g/mol. The Kier molecular flexibility index (Phi) is 6.59. The molecule has 0 N–H and O–H groups in total. The Hall–Kier alpha value is -2.80. The number of ether oxygens (including phenoxy) is 2. The third-order valence-electron chi connectivity index (χ3n) is 4.50. The van der Waals surface area contributed by atoms with Crippen LogP contribution in [0.25, 0.3) is 11.4 Å². The van der Waals surface area contributed by atoms with E-state index in [1.54, 1.807) is 32.4 Å². The Bertz CT molecular complexity index is 1010. The molecule has 1 aromatic heterocycles. The molecule has 0 radical (unpaired) electrons. The van der Waals surface area contributed by atoms with Gasteiger partial charge in [-0.15, -0.1) is 10.2 Å². The van der Waals surface area contributed by atoms with Gasteiger partial charge in [-0.1, -0.05) is 35.5 Å². The molecule has 3 rings (SSSR count). The largest absolute Gasteiger partial charge is 0.493 e. The molecule has 0 aliphatic rings. The van der Waals surface area contributed by atoms with Gasteiger partial charge in [0.1, 0.15) is 0 Å². The Morgan fingerprint density at radius 3 is 2.48 bits per heavy atom. The van der Waals surface area contributed by atoms with Crippen LogP contribution in [0, 0.1) is 6.92 Å². The number of aryl methyl sites for hydroxylation is 1. The van der Waals surface area contributed by atoms with Crippen LogP contribution in [0.1, 0.15) is 35.8 Å². The molecule has 0 saturated heterocycles. The highest BCUT2D eigenvalue weighted by Crippen LogP contribution is 2.30. The molecule has 2 aromatic carbocycles. The number of ketones is 1. The van der Waals surface area contributed by atoms with Gasteiger partial charge < -0.3 is 9.47 Å². The summed E-state index contributed by atoms with van der Waals surface area (Å²) in [7, 11) is 3.12. The lowest BCUT2D eigenvalue weighted by Gasteiger charge is -2.14. The van der Waals surface area contributed by atoms with E-state index in [-0.39, 0.29) is 17.6 Å². The summed E-state index contributed by atoms with van der Waals surface area (Å²) in [5.74, 6) is 2.19. The highest BCUT2D eigenvalue weighted by Gasteiger charge is 2.19. The van der Waals surface area contributed by atoms with Crippen LogP contribution in [-0.4, -0.2) is 40.5 Å². The van der Waals surface area contributed by atoms with Gasteiger partial charge in [0, 0.05) is 17.2 Å². The van der Waals surface area contributed by atoms with Gasteiger partial charge in [0.2, 0.25) is 0 Å². The number of hydrogen-bond donors (Lipinski definition) is 0. The van der Waals surface area contributed by atoms with Crippen molar-refractivity contribution in [3.05, 3.63) is 53.6 Å². The van der Waals surface area contributed by atoms with Gasteiger partial charge >= 0.3 is 0 Å². The van der Waals surface area contributed by atoms with Crippen molar-refractivity contribution in [2.24, 2.45) is 0 Å². The van der Waals surface area contributed by atoms with Crippen LogP contribution in [0.3, 0.4) is 0 Å². The first kappa shape index (κ1) is 20.9. The van der Waals surface area contributed by atoms with Crippen LogP contribution in [0.4, 0.5) is 0 Å². The molecule has 29 heavy (non-hydrogen) atoms. The number of rotatable bonds is 8. The molecule has 0 saturated carbocycles. The molecule has 0 aliphatic carbocycles.